The van der Waals surface area contributed by atoms with Crippen LogP contribution < -0.4 is 14.4 Å². The van der Waals surface area contributed by atoms with E-state index >= 15 is 0 Å². The number of hydrogen-bond acceptors (Lipinski definition) is 9. The topological polar surface area (TPSA) is 126 Å². The van der Waals surface area contributed by atoms with Gasteiger partial charge in [0, 0.05) is 63.3 Å². The Morgan fingerprint density at radius 3 is 2.33 bits per heavy atom. The quantitative estimate of drug-likeness (QED) is 0.316. The van der Waals surface area contributed by atoms with Gasteiger partial charge in [-0.15, -0.1) is 0 Å². The maximum atomic E-state index is 13.0. The van der Waals surface area contributed by atoms with E-state index in [1.165, 1.54) is 17.1 Å². The third-order valence-corrected chi connectivity index (χ3v) is 8.15. The van der Waals surface area contributed by atoms with Gasteiger partial charge < -0.3 is 14.7 Å². The molecule has 0 amide bonds. The average molecular weight is 564 g/mol. The molecule has 1 fully saturated rings. The number of rotatable bonds is 9. The highest BCUT2D eigenvalue weighted by molar-refractivity contribution is 7.92. The first-order valence-electron chi connectivity index (χ1n) is 13.0. The normalized spacial score (nSPS) is 14.3. The van der Waals surface area contributed by atoms with Crippen molar-refractivity contribution in [2.24, 2.45) is 7.05 Å². The molecule has 210 valence electrons. The molecule has 1 aliphatic heterocycles. The maximum absolute atomic E-state index is 13.0. The molecule has 0 atom stereocenters. The van der Waals surface area contributed by atoms with Crippen molar-refractivity contribution in [1.29, 1.82) is 0 Å². The first kappa shape index (κ1) is 27.6. The summed E-state index contributed by atoms with van der Waals surface area (Å²) in [6, 6.07) is 15.4. The molecule has 2 N–H and O–H groups in total. The zero-order chi connectivity index (χ0) is 28.3. The number of hydrogen-bond donors (Lipinski definition) is 2. The van der Waals surface area contributed by atoms with Crippen LogP contribution in [0.5, 0.6) is 11.6 Å². The Labute approximate surface area is 234 Å². The standard InChI is InChI=1S/C28H33N7O4S/c1-20-5-4-6-21(2)27(20)25-17-26(31-28(30-25)32-40(37,38)24-18-29-33(3)19-24)39-23-9-7-22(8-10-23)35-13-11-34(12-14-35)15-16-36/h4-10,17-19,36H,11-16H2,1-3H3,(H,30,31,32). The summed E-state index contributed by atoms with van der Waals surface area (Å²) in [6.45, 7) is 8.39. The second-order valence-electron chi connectivity index (χ2n) is 9.79. The van der Waals surface area contributed by atoms with Crippen LogP contribution in [-0.4, -0.2) is 77.5 Å². The number of sulfonamides is 1. The van der Waals surface area contributed by atoms with Crippen LogP contribution in [0.2, 0.25) is 0 Å². The highest BCUT2D eigenvalue weighted by atomic mass is 32.2. The number of benzene rings is 2. The molecule has 1 saturated heterocycles. The van der Waals surface area contributed by atoms with Gasteiger partial charge >= 0.3 is 0 Å². The fraction of sp³-hybridized carbons (Fsp3) is 0.321. The predicted octanol–water partition coefficient (Wildman–Crippen LogP) is 3.20. The van der Waals surface area contributed by atoms with E-state index in [1.807, 2.05) is 56.3 Å². The van der Waals surface area contributed by atoms with Crippen LogP contribution in [0.15, 0.2) is 65.8 Å². The highest BCUT2D eigenvalue weighted by Crippen LogP contribution is 2.31. The zero-order valence-electron chi connectivity index (χ0n) is 22.8. The lowest BCUT2D eigenvalue weighted by molar-refractivity contribution is 0.189. The van der Waals surface area contributed by atoms with E-state index in [-0.39, 0.29) is 23.3 Å². The summed E-state index contributed by atoms with van der Waals surface area (Å²) in [5, 5.41) is 13.1. The van der Waals surface area contributed by atoms with Crippen LogP contribution in [0.3, 0.4) is 0 Å². The van der Waals surface area contributed by atoms with Crippen molar-refractivity contribution in [3.05, 3.63) is 72.1 Å². The Hall–Kier alpha value is -4.00. The van der Waals surface area contributed by atoms with Crippen molar-refractivity contribution in [1.82, 2.24) is 24.6 Å². The van der Waals surface area contributed by atoms with E-state index in [0.29, 0.717) is 18.0 Å². The molecule has 0 radical (unpaired) electrons. The van der Waals surface area contributed by atoms with E-state index in [9.17, 15) is 13.5 Å². The molecule has 3 heterocycles. The summed E-state index contributed by atoms with van der Waals surface area (Å²) in [6.07, 6.45) is 2.67. The molecular formula is C28H33N7O4S. The van der Waals surface area contributed by atoms with Crippen LogP contribution in [0.4, 0.5) is 11.6 Å². The first-order valence-corrected chi connectivity index (χ1v) is 14.5. The minimum absolute atomic E-state index is 0.00586. The number of ether oxygens (including phenoxy) is 1. The Balaban J connectivity index is 1.42. The summed E-state index contributed by atoms with van der Waals surface area (Å²) in [7, 11) is -2.32. The molecule has 5 rings (SSSR count). The van der Waals surface area contributed by atoms with Gasteiger partial charge in [-0.1, -0.05) is 18.2 Å². The second kappa shape index (κ2) is 11.6. The van der Waals surface area contributed by atoms with E-state index < -0.39 is 10.0 Å². The highest BCUT2D eigenvalue weighted by Gasteiger charge is 2.21. The molecule has 1 aliphatic rings. The third-order valence-electron chi connectivity index (χ3n) is 6.87. The fourth-order valence-corrected chi connectivity index (χ4v) is 5.73. The molecule has 0 unspecified atom stereocenters. The molecule has 40 heavy (non-hydrogen) atoms. The van der Waals surface area contributed by atoms with Crippen molar-refractivity contribution in [2.75, 3.05) is 49.0 Å². The Morgan fingerprint density at radius 1 is 1.00 bits per heavy atom. The smallest absolute Gasteiger partial charge is 0.267 e. The Morgan fingerprint density at radius 2 is 1.70 bits per heavy atom. The number of piperazine rings is 1. The molecule has 12 heteroatoms. The maximum Gasteiger partial charge on any atom is 0.267 e. The monoisotopic (exact) mass is 563 g/mol. The Kier molecular flexibility index (Phi) is 8.01. The van der Waals surface area contributed by atoms with Gasteiger partial charge in [-0.05, 0) is 49.2 Å². The van der Waals surface area contributed by atoms with E-state index in [4.69, 9.17) is 4.74 Å². The van der Waals surface area contributed by atoms with Crippen molar-refractivity contribution >= 4 is 21.7 Å². The largest absolute Gasteiger partial charge is 0.439 e. The van der Waals surface area contributed by atoms with Gasteiger partial charge in [0.1, 0.15) is 10.6 Å². The number of β-amino-alcohol motifs (C(OH)–C–C–N with tert-alkyl or cyclic N) is 1. The average Bonchev–Trinajstić information content (AvgIpc) is 3.37. The van der Waals surface area contributed by atoms with Crippen molar-refractivity contribution in [2.45, 2.75) is 18.7 Å². The van der Waals surface area contributed by atoms with Gasteiger partial charge in [-0.25, -0.2) is 18.1 Å². The van der Waals surface area contributed by atoms with Crippen LogP contribution >= 0.6 is 0 Å². The molecule has 2 aromatic carbocycles. The molecular weight excluding hydrogens is 530 g/mol. The summed E-state index contributed by atoms with van der Waals surface area (Å²) in [5.74, 6) is 0.674. The van der Waals surface area contributed by atoms with Crippen molar-refractivity contribution in [3.8, 4) is 22.9 Å². The summed E-state index contributed by atoms with van der Waals surface area (Å²) in [4.78, 5) is 13.5. The lowest BCUT2D eigenvalue weighted by atomic mass is 10.00. The number of nitrogens with one attached hydrogen (secondary N) is 1. The summed E-state index contributed by atoms with van der Waals surface area (Å²) in [5.41, 5.74) is 4.50. The third kappa shape index (κ3) is 6.24. The van der Waals surface area contributed by atoms with Crippen LogP contribution in [0, 0.1) is 13.8 Å². The number of aliphatic hydroxyl groups excluding tert-OH is 1. The molecule has 0 aliphatic carbocycles. The minimum atomic E-state index is -3.96. The van der Waals surface area contributed by atoms with Gasteiger partial charge in [0.25, 0.3) is 10.0 Å². The number of aromatic nitrogens is 4. The Bertz CT molecular complexity index is 1560. The van der Waals surface area contributed by atoms with Crippen molar-refractivity contribution < 1.29 is 18.3 Å². The van der Waals surface area contributed by atoms with Gasteiger partial charge in [0.05, 0.1) is 18.5 Å². The number of aryl methyl sites for hydroxylation is 3. The van der Waals surface area contributed by atoms with E-state index in [2.05, 4.69) is 29.6 Å². The number of anilines is 2. The van der Waals surface area contributed by atoms with Gasteiger partial charge in [-0.3, -0.25) is 9.58 Å². The van der Waals surface area contributed by atoms with Gasteiger partial charge in [-0.2, -0.15) is 10.1 Å². The van der Waals surface area contributed by atoms with Gasteiger partial charge in [0.15, 0.2) is 0 Å². The molecule has 0 spiro atoms. The summed E-state index contributed by atoms with van der Waals surface area (Å²) < 4.78 is 36.0. The van der Waals surface area contributed by atoms with Crippen LogP contribution in [0.25, 0.3) is 11.3 Å². The number of nitrogens with zero attached hydrogens (tertiary/aromatic N) is 6. The summed E-state index contributed by atoms with van der Waals surface area (Å²) >= 11 is 0. The van der Waals surface area contributed by atoms with Crippen LogP contribution in [-0.2, 0) is 17.1 Å². The molecule has 2 aromatic heterocycles. The fourth-order valence-electron chi connectivity index (χ4n) is 4.80. The van der Waals surface area contributed by atoms with Gasteiger partial charge in [0.2, 0.25) is 11.8 Å². The number of aliphatic hydroxyl groups is 1. The molecule has 4 aromatic rings. The minimum Gasteiger partial charge on any atom is -0.439 e. The zero-order valence-corrected chi connectivity index (χ0v) is 23.6. The molecule has 11 nitrogen and oxygen atoms in total. The SMILES string of the molecule is Cc1cccc(C)c1-c1cc(Oc2ccc(N3CCN(CCO)CC3)cc2)nc(NS(=O)(=O)c2cnn(C)c2)n1. The lowest BCUT2D eigenvalue weighted by Crippen LogP contribution is -2.47. The molecule has 0 bridgehead atoms. The predicted molar refractivity (Wildman–Crippen MR) is 153 cm³/mol. The molecule has 0 saturated carbocycles. The van der Waals surface area contributed by atoms with Crippen LogP contribution in [0.1, 0.15) is 11.1 Å². The van der Waals surface area contributed by atoms with Crippen molar-refractivity contribution in [3.63, 3.8) is 0 Å². The first-order chi connectivity index (χ1) is 19.2. The van der Waals surface area contributed by atoms with E-state index in [0.717, 1.165) is 48.6 Å². The second-order valence-corrected chi connectivity index (χ2v) is 11.5. The van der Waals surface area contributed by atoms with E-state index in [1.54, 1.807) is 13.1 Å². The lowest BCUT2D eigenvalue weighted by Gasteiger charge is -2.35.